The van der Waals surface area contributed by atoms with Gasteiger partial charge in [0, 0.05) is 39.1 Å². The number of carbonyl (C=O) groups is 1. The van der Waals surface area contributed by atoms with Gasteiger partial charge >= 0.3 is 0 Å². The van der Waals surface area contributed by atoms with E-state index in [1.165, 1.54) is 0 Å². The van der Waals surface area contributed by atoms with Gasteiger partial charge in [-0.2, -0.15) is 0 Å². The number of benzene rings is 1. The molecule has 2 rings (SSSR count). The maximum atomic E-state index is 13.2. The van der Waals surface area contributed by atoms with Gasteiger partial charge in [0.1, 0.15) is 0 Å². The summed E-state index contributed by atoms with van der Waals surface area (Å²) in [6.07, 6.45) is 0.389. The fraction of sp³-hybridized carbons (Fsp3) is 0.500. The highest BCUT2D eigenvalue weighted by Crippen LogP contribution is 2.16. The summed E-state index contributed by atoms with van der Waals surface area (Å²) < 4.78 is 39.2. The average Bonchev–Trinajstić information content (AvgIpc) is 2.58. The molecule has 1 aliphatic heterocycles. The van der Waals surface area contributed by atoms with Crippen molar-refractivity contribution in [3.05, 3.63) is 35.1 Å². The van der Waals surface area contributed by atoms with Crippen LogP contribution in [0, 0.1) is 17.5 Å². The molecule has 0 bridgehead atoms. The standard InChI is InChI=1S/C14H17F3N2O/c1-2-19-6-5-18(4-3-13(19)20)9-10-7-11(15)14(17)12(16)8-10/h7-8H,2-6,9H2,1H3. The Morgan fingerprint density at radius 2 is 1.75 bits per heavy atom. The highest BCUT2D eigenvalue weighted by Gasteiger charge is 2.20. The molecule has 0 saturated carbocycles. The molecular weight excluding hydrogens is 269 g/mol. The molecule has 1 heterocycles. The zero-order chi connectivity index (χ0) is 14.7. The van der Waals surface area contributed by atoms with Gasteiger partial charge in [-0.05, 0) is 24.6 Å². The van der Waals surface area contributed by atoms with Crippen LogP contribution in [0.15, 0.2) is 12.1 Å². The molecular formula is C14H17F3N2O. The highest BCUT2D eigenvalue weighted by atomic mass is 19.2. The Kier molecular flexibility index (Phi) is 4.65. The minimum Gasteiger partial charge on any atom is -0.342 e. The molecule has 110 valence electrons. The molecule has 0 spiro atoms. The van der Waals surface area contributed by atoms with E-state index in [1.807, 2.05) is 11.8 Å². The molecule has 6 heteroatoms. The summed E-state index contributed by atoms with van der Waals surface area (Å²) in [5, 5.41) is 0. The van der Waals surface area contributed by atoms with E-state index in [2.05, 4.69) is 0 Å². The van der Waals surface area contributed by atoms with Crippen LogP contribution in [0.3, 0.4) is 0 Å². The lowest BCUT2D eigenvalue weighted by Crippen LogP contribution is -2.32. The van der Waals surface area contributed by atoms with Crippen molar-refractivity contribution in [2.45, 2.75) is 19.9 Å². The van der Waals surface area contributed by atoms with E-state index in [0.29, 0.717) is 44.7 Å². The molecule has 1 saturated heterocycles. The van der Waals surface area contributed by atoms with Crippen molar-refractivity contribution >= 4 is 5.91 Å². The largest absolute Gasteiger partial charge is 0.342 e. The van der Waals surface area contributed by atoms with Crippen LogP contribution < -0.4 is 0 Å². The summed E-state index contributed by atoms with van der Waals surface area (Å²) in [6.45, 7) is 4.65. The summed E-state index contributed by atoms with van der Waals surface area (Å²) in [6, 6.07) is 2.01. The maximum Gasteiger partial charge on any atom is 0.223 e. The first-order valence-corrected chi connectivity index (χ1v) is 6.64. The Morgan fingerprint density at radius 3 is 2.35 bits per heavy atom. The van der Waals surface area contributed by atoms with Crippen molar-refractivity contribution in [3.8, 4) is 0 Å². The number of hydrogen-bond acceptors (Lipinski definition) is 2. The van der Waals surface area contributed by atoms with E-state index < -0.39 is 17.5 Å². The lowest BCUT2D eigenvalue weighted by Gasteiger charge is -2.21. The Balaban J connectivity index is 2.05. The normalized spacial score (nSPS) is 17.4. The SMILES string of the molecule is CCN1CCN(Cc2cc(F)c(F)c(F)c2)CCC1=O. The number of amides is 1. The third kappa shape index (κ3) is 3.30. The summed E-state index contributed by atoms with van der Waals surface area (Å²) in [5.41, 5.74) is 0.374. The summed E-state index contributed by atoms with van der Waals surface area (Å²) >= 11 is 0. The van der Waals surface area contributed by atoms with Gasteiger partial charge in [-0.25, -0.2) is 13.2 Å². The van der Waals surface area contributed by atoms with Gasteiger partial charge in [0.25, 0.3) is 0 Å². The van der Waals surface area contributed by atoms with Crippen LogP contribution in [0.4, 0.5) is 13.2 Å². The number of likely N-dealkylation sites (N-methyl/N-ethyl adjacent to an activating group) is 1. The number of carbonyl (C=O) groups excluding carboxylic acids is 1. The Labute approximate surface area is 116 Å². The molecule has 1 aromatic rings. The molecule has 20 heavy (non-hydrogen) atoms. The summed E-state index contributed by atoms with van der Waals surface area (Å²) in [4.78, 5) is 15.4. The quantitative estimate of drug-likeness (QED) is 0.795. The molecule has 0 unspecified atom stereocenters. The maximum absolute atomic E-state index is 13.2. The second-order valence-corrected chi connectivity index (χ2v) is 4.87. The molecule has 3 nitrogen and oxygen atoms in total. The first-order chi connectivity index (χ1) is 9.51. The lowest BCUT2D eigenvalue weighted by atomic mass is 10.2. The van der Waals surface area contributed by atoms with Crippen molar-refractivity contribution in [1.82, 2.24) is 9.80 Å². The second kappa shape index (κ2) is 6.26. The van der Waals surface area contributed by atoms with E-state index in [1.54, 1.807) is 4.90 Å². The fourth-order valence-electron chi connectivity index (χ4n) is 2.36. The topological polar surface area (TPSA) is 23.6 Å². The Morgan fingerprint density at radius 1 is 1.10 bits per heavy atom. The first kappa shape index (κ1) is 14.8. The number of nitrogens with zero attached hydrogens (tertiary/aromatic N) is 2. The first-order valence-electron chi connectivity index (χ1n) is 6.64. The highest BCUT2D eigenvalue weighted by molar-refractivity contribution is 5.76. The van der Waals surface area contributed by atoms with E-state index in [-0.39, 0.29) is 5.91 Å². The summed E-state index contributed by atoms with van der Waals surface area (Å²) in [5.74, 6) is -3.72. The van der Waals surface area contributed by atoms with Gasteiger partial charge < -0.3 is 4.90 Å². The van der Waals surface area contributed by atoms with Crippen LogP contribution >= 0.6 is 0 Å². The third-order valence-corrected chi connectivity index (χ3v) is 3.51. The molecule has 1 amide bonds. The molecule has 0 atom stereocenters. The molecule has 0 N–H and O–H groups in total. The fourth-order valence-corrected chi connectivity index (χ4v) is 2.36. The van der Waals surface area contributed by atoms with E-state index >= 15 is 0 Å². The lowest BCUT2D eigenvalue weighted by molar-refractivity contribution is -0.130. The van der Waals surface area contributed by atoms with Gasteiger partial charge in [-0.3, -0.25) is 9.69 Å². The zero-order valence-corrected chi connectivity index (χ0v) is 11.3. The van der Waals surface area contributed by atoms with Crippen LogP contribution in [-0.2, 0) is 11.3 Å². The van der Waals surface area contributed by atoms with Crippen molar-refractivity contribution in [2.75, 3.05) is 26.2 Å². The average molecular weight is 286 g/mol. The minimum atomic E-state index is -1.45. The van der Waals surface area contributed by atoms with Gasteiger partial charge in [-0.1, -0.05) is 0 Å². The molecule has 0 radical (unpaired) electrons. The van der Waals surface area contributed by atoms with E-state index in [4.69, 9.17) is 0 Å². The number of halogens is 3. The summed E-state index contributed by atoms with van der Waals surface area (Å²) in [7, 11) is 0. The van der Waals surface area contributed by atoms with Crippen molar-refractivity contribution in [3.63, 3.8) is 0 Å². The van der Waals surface area contributed by atoms with Crippen molar-refractivity contribution < 1.29 is 18.0 Å². The number of rotatable bonds is 3. The predicted octanol–water partition coefficient (Wildman–Crippen LogP) is 2.16. The smallest absolute Gasteiger partial charge is 0.223 e. The van der Waals surface area contributed by atoms with Crippen LogP contribution in [0.25, 0.3) is 0 Å². The molecule has 0 aromatic heterocycles. The Hall–Kier alpha value is -1.56. The Bertz CT molecular complexity index is 484. The predicted molar refractivity (Wildman–Crippen MR) is 68.5 cm³/mol. The monoisotopic (exact) mass is 286 g/mol. The van der Waals surface area contributed by atoms with E-state index in [0.717, 1.165) is 12.1 Å². The van der Waals surface area contributed by atoms with Crippen molar-refractivity contribution in [1.29, 1.82) is 0 Å². The van der Waals surface area contributed by atoms with Crippen LogP contribution in [0.5, 0.6) is 0 Å². The third-order valence-electron chi connectivity index (χ3n) is 3.51. The molecule has 0 aliphatic carbocycles. The zero-order valence-electron chi connectivity index (χ0n) is 11.3. The molecule has 1 aromatic carbocycles. The minimum absolute atomic E-state index is 0.0893. The van der Waals surface area contributed by atoms with Crippen LogP contribution in [-0.4, -0.2) is 41.9 Å². The molecule has 1 fully saturated rings. The van der Waals surface area contributed by atoms with Gasteiger partial charge in [-0.15, -0.1) is 0 Å². The van der Waals surface area contributed by atoms with Gasteiger partial charge in [0.15, 0.2) is 17.5 Å². The molecule has 1 aliphatic rings. The van der Waals surface area contributed by atoms with Crippen LogP contribution in [0.1, 0.15) is 18.9 Å². The van der Waals surface area contributed by atoms with Gasteiger partial charge in [0.2, 0.25) is 5.91 Å². The van der Waals surface area contributed by atoms with E-state index in [9.17, 15) is 18.0 Å². The van der Waals surface area contributed by atoms with Crippen LogP contribution in [0.2, 0.25) is 0 Å². The second-order valence-electron chi connectivity index (χ2n) is 4.87. The number of hydrogen-bond donors (Lipinski definition) is 0. The van der Waals surface area contributed by atoms with Gasteiger partial charge in [0.05, 0.1) is 0 Å². The van der Waals surface area contributed by atoms with Crippen molar-refractivity contribution in [2.24, 2.45) is 0 Å².